The summed E-state index contributed by atoms with van der Waals surface area (Å²) < 4.78 is 14.0. The smallest absolute Gasteiger partial charge is 0.254 e. The number of halogens is 1. The van der Waals surface area contributed by atoms with Crippen LogP contribution < -0.4 is 16.2 Å². The fourth-order valence-corrected chi connectivity index (χ4v) is 3.09. The molecule has 2 heterocycles. The van der Waals surface area contributed by atoms with Gasteiger partial charge in [0.25, 0.3) is 11.5 Å². The Balaban J connectivity index is 1.69. The van der Waals surface area contributed by atoms with Crippen LogP contribution in [0.2, 0.25) is 0 Å². The molecule has 1 atom stereocenters. The minimum Gasteiger partial charge on any atom is -0.346 e. The summed E-state index contributed by atoms with van der Waals surface area (Å²) in [7, 11) is 0. The maximum absolute atomic E-state index is 14.0. The van der Waals surface area contributed by atoms with Crippen LogP contribution in [0, 0.1) is 18.7 Å². The van der Waals surface area contributed by atoms with Crippen LogP contribution in [-0.4, -0.2) is 29.0 Å². The normalized spacial score (nSPS) is 16.8. The van der Waals surface area contributed by atoms with Crippen molar-refractivity contribution in [3.05, 3.63) is 63.1 Å². The summed E-state index contributed by atoms with van der Waals surface area (Å²) in [5.41, 5.74) is 1.12. The summed E-state index contributed by atoms with van der Waals surface area (Å²) in [6, 6.07) is 5.99. The molecule has 3 rings (SSSR count). The highest BCUT2D eigenvalue weighted by atomic mass is 19.1. The first-order valence-corrected chi connectivity index (χ1v) is 8.35. The van der Waals surface area contributed by atoms with Gasteiger partial charge < -0.3 is 15.6 Å². The van der Waals surface area contributed by atoms with Gasteiger partial charge in [-0.2, -0.15) is 0 Å². The van der Waals surface area contributed by atoms with E-state index in [4.69, 9.17) is 0 Å². The molecule has 132 valence electrons. The van der Waals surface area contributed by atoms with Gasteiger partial charge >= 0.3 is 0 Å². The largest absolute Gasteiger partial charge is 0.346 e. The number of H-pyrrole nitrogens is 1. The molecule has 3 N–H and O–H groups in total. The van der Waals surface area contributed by atoms with Crippen LogP contribution in [0.3, 0.4) is 0 Å². The zero-order chi connectivity index (χ0) is 17.8. The van der Waals surface area contributed by atoms with Gasteiger partial charge in [0, 0.05) is 6.07 Å². The molecule has 25 heavy (non-hydrogen) atoms. The molecule has 0 bridgehead atoms. The number of carbonyl (C=O) groups excluding carboxylic acids is 1. The average molecular weight is 344 g/mol. The van der Waals surface area contributed by atoms with Gasteiger partial charge in [-0.05, 0) is 56.5 Å². The molecule has 0 aliphatic carbocycles. The van der Waals surface area contributed by atoms with Crippen molar-refractivity contribution in [1.29, 1.82) is 0 Å². The fourth-order valence-electron chi connectivity index (χ4n) is 3.09. The van der Waals surface area contributed by atoms with E-state index in [1.54, 1.807) is 19.1 Å². The van der Waals surface area contributed by atoms with Crippen molar-refractivity contribution in [3.63, 3.8) is 0 Å². The van der Waals surface area contributed by atoms with Crippen LogP contribution in [0.15, 0.2) is 29.1 Å². The number of hydrogen-bond acceptors (Lipinski definition) is 4. The van der Waals surface area contributed by atoms with Crippen LogP contribution in [-0.2, 0) is 13.0 Å². The summed E-state index contributed by atoms with van der Waals surface area (Å²) in [5, 5.41) is 5.93. The highest BCUT2D eigenvalue weighted by molar-refractivity contribution is 5.94. The molecule has 1 aliphatic heterocycles. The van der Waals surface area contributed by atoms with Crippen molar-refractivity contribution in [1.82, 2.24) is 20.6 Å². The van der Waals surface area contributed by atoms with E-state index in [2.05, 4.69) is 20.6 Å². The van der Waals surface area contributed by atoms with Crippen LogP contribution >= 0.6 is 0 Å². The van der Waals surface area contributed by atoms with E-state index < -0.39 is 11.7 Å². The number of aryl methyl sites for hydroxylation is 1. The van der Waals surface area contributed by atoms with E-state index in [0.29, 0.717) is 17.4 Å². The van der Waals surface area contributed by atoms with Gasteiger partial charge in [0.05, 0.1) is 17.8 Å². The minimum absolute atomic E-state index is 0.0185. The third-order valence-electron chi connectivity index (χ3n) is 4.31. The van der Waals surface area contributed by atoms with Crippen molar-refractivity contribution in [2.75, 3.05) is 13.1 Å². The summed E-state index contributed by atoms with van der Waals surface area (Å²) in [6.45, 7) is 3.68. The summed E-state index contributed by atoms with van der Waals surface area (Å²) in [5.74, 6) is -0.0795. The maximum atomic E-state index is 14.0. The standard InChI is InChI=1S/C18H21FN4O2/c1-11-22-14(8-17(24)23-11)10-21-18(25)15-7-12(2-3-16(15)19)6-13-4-5-20-9-13/h2-3,7-8,13,20H,4-6,9-10H2,1H3,(H,21,25)(H,22,23,24). The average Bonchev–Trinajstić information content (AvgIpc) is 3.06. The quantitative estimate of drug-likeness (QED) is 0.763. The zero-order valence-corrected chi connectivity index (χ0v) is 14.1. The van der Waals surface area contributed by atoms with E-state index >= 15 is 0 Å². The molecule has 0 saturated carbocycles. The van der Waals surface area contributed by atoms with E-state index in [0.717, 1.165) is 31.5 Å². The van der Waals surface area contributed by atoms with E-state index in [1.165, 1.54) is 12.1 Å². The number of amides is 1. The Morgan fingerprint density at radius 3 is 2.96 bits per heavy atom. The van der Waals surface area contributed by atoms with E-state index in [1.807, 2.05) is 0 Å². The molecular formula is C18H21FN4O2. The lowest BCUT2D eigenvalue weighted by Crippen LogP contribution is -2.26. The molecule has 1 aliphatic rings. The monoisotopic (exact) mass is 344 g/mol. The Kier molecular flexibility index (Phi) is 5.23. The Labute approximate surface area is 144 Å². The second-order valence-corrected chi connectivity index (χ2v) is 6.38. The Morgan fingerprint density at radius 1 is 1.40 bits per heavy atom. The SMILES string of the molecule is Cc1nc(CNC(=O)c2cc(CC3CCNC3)ccc2F)cc(=O)[nH]1. The van der Waals surface area contributed by atoms with Gasteiger partial charge in [-0.3, -0.25) is 9.59 Å². The van der Waals surface area contributed by atoms with Crippen LogP contribution in [0.5, 0.6) is 0 Å². The van der Waals surface area contributed by atoms with Crippen LogP contribution in [0.4, 0.5) is 4.39 Å². The van der Waals surface area contributed by atoms with Gasteiger partial charge in [-0.1, -0.05) is 6.07 Å². The highest BCUT2D eigenvalue weighted by Gasteiger charge is 2.17. The highest BCUT2D eigenvalue weighted by Crippen LogP contribution is 2.18. The molecule has 1 aromatic heterocycles. The molecular weight excluding hydrogens is 323 g/mol. The summed E-state index contributed by atoms with van der Waals surface area (Å²) in [6.07, 6.45) is 1.91. The lowest BCUT2D eigenvalue weighted by Gasteiger charge is -2.11. The maximum Gasteiger partial charge on any atom is 0.254 e. The lowest BCUT2D eigenvalue weighted by molar-refractivity contribution is 0.0946. The van der Waals surface area contributed by atoms with Gasteiger partial charge in [0.2, 0.25) is 0 Å². The molecule has 6 nitrogen and oxygen atoms in total. The Bertz CT molecular complexity index is 828. The first-order chi connectivity index (χ1) is 12.0. The molecule has 1 unspecified atom stereocenters. The van der Waals surface area contributed by atoms with Gasteiger partial charge in [0.1, 0.15) is 11.6 Å². The van der Waals surface area contributed by atoms with Crippen molar-refractivity contribution < 1.29 is 9.18 Å². The number of benzene rings is 1. The third kappa shape index (κ3) is 4.51. The van der Waals surface area contributed by atoms with Crippen molar-refractivity contribution in [3.8, 4) is 0 Å². The second-order valence-electron chi connectivity index (χ2n) is 6.38. The first-order valence-electron chi connectivity index (χ1n) is 8.35. The number of nitrogens with one attached hydrogen (secondary N) is 3. The predicted octanol–water partition coefficient (Wildman–Crippen LogP) is 1.30. The minimum atomic E-state index is -0.555. The second kappa shape index (κ2) is 7.57. The predicted molar refractivity (Wildman–Crippen MR) is 91.8 cm³/mol. The van der Waals surface area contributed by atoms with Crippen LogP contribution in [0.1, 0.15) is 33.9 Å². The molecule has 1 fully saturated rings. The molecule has 7 heteroatoms. The molecule has 0 spiro atoms. The lowest BCUT2D eigenvalue weighted by atomic mass is 9.97. The zero-order valence-electron chi connectivity index (χ0n) is 14.1. The number of aromatic nitrogens is 2. The summed E-state index contributed by atoms with van der Waals surface area (Å²) in [4.78, 5) is 30.4. The van der Waals surface area contributed by atoms with Gasteiger partial charge in [0.15, 0.2) is 0 Å². The number of carbonyl (C=O) groups is 1. The first kappa shape index (κ1) is 17.3. The Morgan fingerprint density at radius 2 is 2.24 bits per heavy atom. The molecule has 0 radical (unpaired) electrons. The fraction of sp³-hybridized carbons (Fsp3) is 0.389. The number of nitrogens with zero attached hydrogens (tertiary/aromatic N) is 1. The van der Waals surface area contributed by atoms with Gasteiger partial charge in [-0.25, -0.2) is 9.37 Å². The topological polar surface area (TPSA) is 86.9 Å². The molecule has 1 amide bonds. The molecule has 1 saturated heterocycles. The summed E-state index contributed by atoms with van der Waals surface area (Å²) >= 11 is 0. The van der Waals surface area contributed by atoms with Gasteiger partial charge in [-0.15, -0.1) is 0 Å². The van der Waals surface area contributed by atoms with Crippen molar-refractivity contribution in [2.24, 2.45) is 5.92 Å². The molecule has 2 aromatic rings. The van der Waals surface area contributed by atoms with Crippen molar-refractivity contribution >= 4 is 5.91 Å². The Hall–Kier alpha value is -2.54. The van der Waals surface area contributed by atoms with Crippen LogP contribution in [0.25, 0.3) is 0 Å². The van der Waals surface area contributed by atoms with E-state index in [-0.39, 0.29) is 17.7 Å². The number of rotatable bonds is 5. The number of hydrogen-bond donors (Lipinski definition) is 3. The molecule has 1 aromatic carbocycles. The van der Waals surface area contributed by atoms with E-state index in [9.17, 15) is 14.0 Å². The van der Waals surface area contributed by atoms with Crippen molar-refractivity contribution in [2.45, 2.75) is 26.3 Å². The number of aromatic amines is 1. The third-order valence-corrected chi connectivity index (χ3v) is 4.31.